The van der Waals surface area contributed by atoms with E-state index >= 15 is 0 Å². The highest BCUT2D eigenvalue weighted by Gasteiger charge is 2.21. The third-order valence-corrected chi connectivity index (χ3v) is 3.99. The van der Waals surface area contributed by atoms with Gasteiger partial charge in [-0.1, -0.05) is 78.0 Å². The first-order chi connectivity index (χ1) is 9.18. The minimum atomic E-state index is 0.189. The summed E-state index contributed by atoms with van der Waals surface area (Å²) in [7, 11) is 0. The van der Waals surface area contributed by atoms with Gasteiger partial charge in [0, 0.05) is 0 Å². The molecule has 0 fully saturated rings. The molecule has 0 aliphatic heterocycles. The first-order valence-electron chi connectivity index (χ1n) is 7.71. The van der Waals surface area contributed by atoms with E-state index in [1.807, 2.05) is 0 Å². The summed E-state index contributed by atoms with van der Waals surface area (Å²) in [5.41, 5.74) is 6.00. The predicted octanol–water partition coefficient (Wildman–Crippen LogP) is 6.02. The molecule has 0 heteroatoms. The van der Waals surface area contributed by atoms with Crippen molar-refractivity contribution in [3.05, 3.63) is 53.1 Å². The zero-order chi connectivity index (χ0) is 15.0. The smallest absolute Gasteiger partial charge is 0.0132 e. The van der Waals surface area contributed by atoms with Crippen LogP contribution in [0.1, 0.15) is 71.1 Å². The average Bonchev–Trinajstić information content (AvgIpc) is 2.37. The first kappa shape index (κ1) is 15.1. The Morgan fingerprint density at radius 1 is 0.750 bits per heavy atom. The highest BCUT2D eigenvalue weighted by Crippen LogP contribution is 2.33. The molecule has 1 aliphatic carbocycles. The Balaban J connectivity index is 2.57. The Kier molecular flexibility index (Phi) is 3.95. The summed E-state index contributed by atoms with van der Waals surface area (Å²) in [4.78, 5) is 0. The lowest BCUT2D eigenvalue weighted by Crippen LogP contribution is -2.17. The van der Waals surface area contributed by atoms with E-state index in [1.165, 1.54) is 28.7 Å². The van der Waals surface area contributed by atoms with Crippen LogP contribution >= 0.6 is 0 Å². The second-order valence-corrected chi connectivity index (χ2v) is 7.94. The lowest BCUT2D eigenvalue weighted by molar-refractivity contribution is 0.568. The van der Waals surface area contributed by atoms with Gasteiger partial charge in [-0.3, -0.25) is 0 Å². The van der Waals surface area contributed by atoms with Crippen molar-refractivity contribution >= 4 is 5.57 Å². The van der Waals surface area contributed by atoms with E-state index in [2.05, 4.69) is 78.0 Å². The number of benzene rings is 1. The molecular formula is C20H28. The fraction of sp³-hybridized carbons (Fsp3) is 0.500. The Bertz CT molecular complexity index is 510. The molecule has 0 heterocycles. The fourth-order valence-electron chi connectivity index (χ4n) is 2.49. The highest BCUT2D eigenvalue weighted by atomic mass is 14.3. The van der Waals surface area contributed by atoms with Gasteiger partial charge in [0.05, 0.1) is 0 Å². The van der Waals surface area contributed by atoms with Crippen LogP contribution in [0.4, 0.5) is 0 Å². The van der Waals surface area contributed by atoms with Gasteiger partial charge < -0.3 is 0 Å². The molecule has 2 rings (SSSR count). The van der Waals surface area contributed by atoms with Crippen LogP contribution in [-0.2, 0) is 10.8 Å². The zero-order valence-corrected chi connectivity index (χ0v) is 13.9. The standard InChI is InChI=1S/C20H28/c1-19(2,3)17-12-16(15-10-8-7-9-11-15)13-18(14-17)20(4,5)6/h8,10-14H,7,9H2,1-6H3. The maximum atomic E-state index is 2.39. The molecule has 0 nitrogen and oxygen atoms in total. The molecule has 0 saturated heterocycles. The second kappa shape index (κ2) is 5.24. The first-order valence-corrected chi connectivity index (χ1v) is 7.71. The molecule has 0 N–H and O–H groups in total. The molecular weight excluding hydrogens is 240 g/mol. The third-order valence-electron chi connectivity index (χ3n) is 3.99. The molecule has 108 valence electrons. The number of allylic oxidation sites excluding steroid dienone is 4. The molecule has 0 aromatic heterocycles. The van der Waals surface area contributed by atoms with Gasteiger partial charge in [0.2, 0.25) is 0 Å². The molecule has 0 bridgehead atoms. The summed E-state index contributed by atoms with van der Waals surface area (Å²) in [5, 5.41) is 0. The van der Waals surface area contributed by atoms with Crippen LogP contribution in [0.25, 0.3) is 5.57 Å². The Morgan fingerprint density at radius 2 is 1.30 bits per heavy atom. The van der Waals surface area contributed by atoms with Crippen molar-refractivity contribution in [1.82, 2.24) is 0 Å². The molecule has 0 amide bonds. The third kappa shape index (κ3) is 3.42. The SMILES string of the molecule is CC(C)(C)c1cc(C2=CCCC=C2)cc(C(C)(C)C)c1. The van der Waals surface area contributed by atoms with Gasteiger partial charge in [0.15, 0.2) is 0 Å². The van der Waals surface area contributed by atoms with Crippen molar-refractivity contribution in [2.45, 2.75) is 65.2 Å². The molecule has 0 unspecified atom stereocenters. The lowest BCUT2D eigenvalue weighted by Gasteiger charge is -2.26. The highest BCUT2D eigenvalue weighted by molar-refractivity contribution is 5.75. The van der Waals surface area contributed by atoms with Gasteiger partial charge in [-0.2, -0.15) is 0 Å². The van der Waals surface area contributed by atoms with E-state index in [9.17, 15) is 0 Å². The van der Waals surface area contributed by atoms with Crippen LogP contribution in [0.15, 0.2) is 36.4 Å². The van der Waals surface area contributed by atoms with Crippen LogP contribution in [0.2, 0.25) is 0 Å². The van der Waals surface area contributed by atoms with Gasteiger partial charge >= 0.3 is 0 Å². The van der Waals surface area contributed by atoms with E-state index in [0.29, 0.717) is 0 Å². The summed E-state index contributed by atoms with van der Waals surface area (Å²) < 4.78 is 0. The van der Waals surface area contributed by atoms with E-state index in [-0.39, 0.29) is 10.8 Å². The van der Waals surface area contributed by atoms with Gasteiger partial charge in [-0.05, 0) is 45.9 Å². The summed E-state index contributed by atoms with van der Waals surface area (Å²) in [6.45, 7) is 13.8. The maximum absolute atomic E-state index is 2.39. The van der Waals surface area contributed by atoms with Gasteiger partial charge in [0.25, 0.3) is 0 Å². The normalized spacial score (nSPS) is 16.2. The minimum absolute atomic E-state index is 0.189. The van der Waals surface area contributed by atoms with Crippen LogP contribution in [-0.4, -0.2) is 0 Å². The molecule has 1 aromatic rings. The molecule has 0 atom stereocenters. The van der Waals surface area contributed by atoms with Gasteiger partial charge in [-0.25, -0.2) is 0 Å². The summed E-state index contributed by atoms with van der Waals surface area (Å²) in [6.07, 6.45) is 9.27. The van der Waals surface area contributed by atoms with Crippen molar-refractivity contribution < 1.29 is 0 Å². The largest absolute Gasteiger partial charge is 0.0836 e. The summed E-state index contributed by atoms with van der Waals surface area (Å²) >= 11 is 0. The van der Waals surface area contributed by atoms with Crippen LogP contribution in [0.3, 0.4) is 0 Å². The lowest BCUT2D eigenvalue weighted by atomic mass is 9.78. The maximum Gasteiger partial charge on any atom is -0.0132 e. The van der Waals surface area contributed by atoms with Crippen molar-refractivity contribution in [2.75, 3.05) is 0 Å². The van der Waals surface area contributed by atoms with Crippen LogP contribution in [0, 0.1) is 0 Å². The zero-order valence-electron chi connectivity index (χ0n) is 13.9. The number of hydrogen-bond donors (Lipinski definition) is 0. The van der Waals surface area contributed by atoms with Crippen LogP contribution in [0.5, 0.6) is 0 Å². The van der Waals surface area contributed by atoms with Crippen molar-refractivity contribution in [1.29, 1.82) is 0 Å². The number of rotatable bonds is 1. The fourth-order valence-corrected chi connectivity index (χ4v) is 2.49. The second-order valence-electron chi connectivity index (χ2n) is 7.94. The molecule has 0 saturated carbocycles. The Labute approximate surface area is 124 Å². The van der Waals surface area contributed by atoms with Crippen molar-refractivity contribution in [3.63, 3.8) is 0 Å². The van der Waals surface area contributed by atoms with Crippen LogP contribution < -0.4 is 0 Å². The van der Waals surface area contributed by atoms with Crippen molar-refractivity contribution in [3.8, 4) is 0 Å². The van der Waals surface area contributed by atoms with Crippen molar-refractivity contribution in [2.24, 2.45) is 0 Å². The van der Waals surface area contributed by atoms with E-state index in [4.69, 9.17) is 0 Å². The topological polar surface area (TPSA) is 0 Å². The van der Waals surface area contributed by atoms with E-state index in [1.54, 1.807) is 0 Å². The van der Waals surface area contributed by atoms with Gasteiger partial charge in [0.1, 0.15) is 0 Å². The molecule has 1 aliphatic rings. The van der Waals surface area contributed by atoms with Gasteiger partial charge in [-0.15, -0.1) is 0 Å². The van der Waals surface area contributed by atoms with E-state index < -0.39 is 0 Å². The Hall–Kier alpha value is -1.30. The summed E-state index contributed by atoms with van der Waals surface area (Å²) in [5.74, 6) is 0. The Morgan fingerprint density at radius 3 is 1.70 bits per heavy atom. The van der Waals surface area contributed by atoms with E-state index in [0.717, 1.165) is 6.42 Å². The summed E-state index contributed by atoms with van der Waals surface area (Å²) in [6, 6.07) is 7.13. The predicted molar refractivity (Wildman–Crippen MR) is 90.2 cm³/mol. The monoisotopic (exact) mass is 268 g/mol. The quantitative estimate of drug-likeness (QED) is 0.584. The molecule has 0 radical (unpaired) electrons. The number of hydrogen-bond acceptors (Lipinski definition) is 0. The molecule has 20 heavy (non-hydrogen) atoms. The molecule has 0 spiro atoms. The average molecular weight is 268 g/mol. The molecule has 1 aromatic carbocycles. The minimum Gasteiger partial charge on any atom is -0.0836 e.